The van der Waals surface area contributed by atoms with Crippen molar-refractivity contribution >= 4 is 0 Å². The summed E-state index contributed by atoms with van der Waals surface area (Å²) >= 11 is 0. The number of ether oxygens (including phenoxy) is 1. The van der Waals surface area contributed by atoms with Gasteiger partial charge in [0.2, 0.25) is 0 Å². The van der Waals surface area contributed by atoms with Crippen molar-refractivity contribution in [3.05, 3.63) is 11.9 Å². The maximum atomic E-state index is 6.08. The summed E-state index contributed by atoms with van der Waals surface area (Å²) in [6, 6.07) is 0.800. The molecule has 0 bridgehead atoms. The number of fused-ring (bicyclic) bond motifs is 1. The Morgan fingerprint density at radius 3 is 3.12 bits per heavy atom. The summed E-state index contributed by atoms with van der Waals surface area (Å²) in [7, 11) is 0. The Morgan fingerprint density at radius 1 is 1.44 bits per heavy atom. The molecule has 2 aliphatic rings. The van der Waals surface area contributed by atoms with E-state index >= 15 is 0 Å². The van der Waals surface area contributed by atoms with Gasteiger partial charge in [0.05, 0.1) is 12.3 Å². The van der Waals surface area contributed by atoms with Crippen LogP contribution in [0.1, 0.15) is 37.8 Å². The Hall–Kier alpha value is -1.03. The second-order valence-corrected chi connectivity index (χ2v) is 5.13. The zero-order valence-corrected chi connectivity index (χ0v) is 9.61. The fraction of sp³-hybridized carbons (Fsp3) is 0.750. The highest BCUT2D eigenvalue weighted by atomic mass is 16.5. The number of nitrogens with zero attached hydrogens (tertiary/aromatic N) is 2. The smallest absolute Gasteiger partial charge is 0.296 e. The molecule has 4 heteroatoms. The number of hydrogen-bond acceptors (Lipinski definition) is 3. The van der Waals surface area contributed by atoms with Gasteiger partial charge in [-0.25, -0.2) is 4.98 Å². The van der Waals surface area contributed by atoms with Crippen molar-refractivity contribution in [3.8, 4) is 6.01 Å². The first-order valence-corrected chi connectivity index (χ1v) is 6.23. The van der Waals surface area contributed by atoms with Gasteiger partial charge in [-0.15, -0.1) is 0 Å². The van der Waals surface area contributed by atoms with Crippen molar-refractivity contribution in [2.24, 2.45) is 5.73 Å². The fourth-order valence-corrected chi connectivity index (χ4v) is 2.18. The molecule has 1 fully saturated rings. The third-order valence-corrected chi connectivity index (χ3v) is 3.59. The SMILES string of the molecule is NC1(CCc2cn3c(n2)OCCCC3)CC1. The Morgan fingerprint density at radius 2 is 2.31 bits per heavy atom. The van der Waals surface area contributed by atoms with E-state index in [-0.39, 0.29) is 5.54 Å². The van der Waals surface area contributed by atoms with Crippen LogP contribution in [0.5, 0.6) is 6.01 Å². The van der Waals surface area contributed by atoms with Crippen LogP contribution in [0.25, 0.3) is 0 Å². The number of nitrogens with two attached hydrogens (primary N) is 1. The molecular weight excluding hydrogens is 202 g/mol. The van der Waals surface area contributed by atoms with Crippen molar-refractivity contribution in [2.75, 3.05) is 6.61 Å². The largest absolute Gasteiger partial charge is 0.465 e. The van der Waals surface area contributed by atoms with E-state index in [0.29, 0.717) is 0 Å². The summed E-state index contributed by atoms with van der Waals surface area (Å²) < 4.78 is 7.73. The average molecular weight is 221 g/mol. The molecule has 2 heterocycles. The molecule has 1 saturated carbocycles. The molecule has 88 valence electrons. The van der Waals surface area contributed by atoms with Crippen LogP contribution in [0.15, 0.2) is 6.20 Å². The molecule has 3 rings (SSSR count). The summed E-state index contributed by atoms with van der Waals surface area (Å²) in [5, 5.41) is 0. The molecule has 0 saturated heterocycles. The number of imidazole rings is 1. The highest BCUT2D eigenvalue weighted by Crippen LogP contribution is 2.36. The normalized spacial score (nSPS) is 22.1. The van der Waals surface area contributed by atoms with Crippen LogP contribution in [-0.4, -0.2) is 21.7 Å². The van der Waals surface area contributed by atoms with Crippen LogP contribution in [0.3, 0.4) is 0 Å². The zero-order valence-electron chi connectivity index (χ0n) is 9.61. The van der Waals surface area contributed by atoms with Crippen LogP contribution in [0.2, 0.25) is 0 Å². The Labute approximate surface area is 95.8 Å². The maximum absolute atomic E-state index is 6.08. The molecule has 0 spiro atoms. The average Bonchev–Trinajstić information content (AvgIpc) is 2.95. The lowest BCUT2D eigenvalue weighted by Crippen LogP contribution is -2.22. The van der Waals surface area contributed by atoms with Gasteiger partial charge in [-0.1, -0.05) is 0 Å². The van der Waals surface area contributed by atoms with E-state index in [1.165, 1.54) is 19.3 Å². The number of hydrogen-bond donors (Lipinski definition) is 1. The van der Waals surface area contributed by atoms with E-state index in [2.05, 4.69) is 15.7 Å². The lowest BCUT2D eigenvalue weighted by molar-refractivity contribution is 0.294. The van der Waals surface area contributed by atoms with Crippen LogP contribution in [0.4, 0.5) is 0 Å². The molecule has 1 aromatic heterocycles. The molecule has 0 radical (unpaired) electrons. The first kappa shape index (κ1) is 10.1. The van der Waals surface area contributed by atoms with Gasteiger partial charge in [-0.2, -0.15) is 0 Å². The van der Waals surface area contributed by atoms with E-state index in [1.54, 1.807) is 0 Å². The van der Waals surface area contributed by atoms with E-state index < -0.39 is 0 Å². The van der Waals surface area contributed by atoms with Gasteiger partial charge in [0.1, 0.15) is 0 Å². The number of aryl methyl sites for hydroxylation is 2. The predicted molar refractivity (Wildman–Crippen MR) is 61.4 cm³/mol. The minimum Gasteiger partial charge on any atom is -0.465 e. The monoisotopic (exact) mass is 221 g/mol. The molecular formula is C12H19N3O. The topological polar surface area (TPSA) is 53.1 Å². The van der Waals surface area contributed by atoms with Gasteiger partial charge < -0.3 is 15.0 Å². The lowest BCUT2D eigenvalue weighted by Gasteiger charge is -2.05. The van der Waals surface area contributed by atoms with Crippen LogP contribution in [-0.2, 0) is 13.0 Å². The van der Waals surface area contributed by atoms with Crippen molar-refractivity contribution in [1.29, 1.82) is 0 Å². The summed E-state index contributed by atoms with van der Waals surface area (Å²) in [4.78, 5) is 4.53. The first-order chi connectivity index (χ1) is 7.75. The molecule has 1 aliphatic carbocycles. The van der Waals surface area contributed by atoms with Crippen molar-refractivity contribution in [3.63, 3.8) is 0 Å². The summed E-state index contributed by atoms with van der Waals surface area (Å²) in [5.74, 6) is 0. The number of rotatable bonds is 3. The molecule has 0 atom stereocenters. The Kier molecular flexibility index (Phi) is 2.39. The summed E-state index contributed by atoms with van der Waals surface area (Å²) in [6.07, 6.45) is 8.85. The predicted octanol–water partition coefficient (Wildman–Crippen LogP) is 1.48. The highest BCUT2D eigenvalue weighted by molar-refractivity contribution is 5.11. The van der Waals surface area contributed by atoms with E-state index in [1.807, 2.05) is 0 Å². The molecule has 1 aliphatic heterocycles. The summed E-state index contributed by atoms with van der Waals surface area (Å²) in [6.45, 7) is 1.84. The van der Waals surface area contributed by atoms with E-state index in [4.69, 9.17) is 10.5 Å². The molecule has 2 N–H and O–H groups in total. The van der Waals surface area contributed by atoms with Crippen molar-refractivity contribution in [1.82, 2.24) is 9.55 Å². The highest BCUT2D eigenvalue weighted by Gasteiger charge is 2.37. The van der Waals surface area contributed by atoms with Gasteiger partial charge in [-0.05, 0) is 38.5 Å². The lowest BCUT2D eigenvalue weighted by atomic mass is 10.1. The second kappa shape index (κ2) is 3.77. The zero-order chi connectivity index (χ0) is 11.0. The third kappa shape index (κ3) is 2.07. The van der Waals surface area contributed by atoms with Gasteiger partial charge in [0.25, 0.3) is 6.01 Å². The number of aromatic nitrogens is 2. The van der Waals surface area contributed by atoms with Gasteiger partial charge in [0, 0.05) is 18.3 Å². The van der Waals surface area contributed by atoms with Gasteiger partial charge in [-0.3, -0.25) is 0 Å². The van der Waals surface area contributed by atoms with Crippen LogP contribution < -0.4 is 10.5 Å². The van der Waals surface area contributed by atoms with Crippen LogP contribution >= 0.6 is 0 Å². The third-order valence-electron chi connectivity index (χ3n) is 3.59. The molecule has 16 heavy (non-hydrogen) atoms. The Balaban J connectivity index is 1.66. The van der Waals surface area contributed by atoms with Crippen LogP contribution in [0, 0.1) is 0 Å². The van der Waals surface area contributed by atoms with Crippen molar-refractivity contribution in [2.45, 2.75) is 50.6 Å². The van der Waals surface area contributed by atoms with Gasteiger partial charge in [0.15, 0.2) is 0 Å². The molecule has 0 unspecified atom stereocenters. The summed E-state index contributed by atoms with van der Waals surface area (Å²) in [5.41, 5.74) is 7.34. The molecule has 1 aromatic rings. The quantitative estimate of drug-likeness (QED) is 0.841. The standard InChI is InChI=1S/C12H19N3O/c13-12(5-6-12)4-3-10-9-15-7-1-2-8-16-11(15)14-10/h9H,1-8,13H2. The molecule has 0 aromatic carbocycles. The molecule has 0 amide bonds. The fourth-order valence-electron chi connectivity index (χ4n) is 2.18. The molecule has 4 nitrogen and oxygen atoms in total. The van der Waals surface area contributed by atoms with Gasteiger partial charge >= 0.3 is 0 Å². The van der Waals surface area contributed by atoms with E-state index in [9.17, 15) is 0 Å². The Bertz CT molecular complexity index is 358. The van der Waals surface area contributed by atoms with E-state index in [0.717, 1.165) is 44.1 Å². The minimum atomic E-state index is 0.127. The first-order valence-electron chi connectivity index (χ1n) is 6.23. The second-order valence-electron chi connectivity index (χ2n) is 5.13. The van der Waals surface area contributed by atoms with Crippen molar-refractivity contribution < 1.29 is 4.74 Å². The maximum Gasteiger partial charge on any atom is 0.296 e. The minimum absolute atomic E-state index is 0.127.